The van der Waals surface area contributed by atoms with Crippen LogP contribution in [0.1, 0.15) is 84.5 Å². The van der Waals surface area contributed by atoms with Crippen molar-refractivity contribution in [3.63, 3.8) is 0 Å². The van der Waals surface area contributed by atoms with Crippen LogP contribution in [0.15, 0.2) is 23.0 Å². The molecule has 1 unspecified atom stereocenters. The number of rotatable bonds is 7. The number of hydrogen-bond acceptors (Lipinski definition) is 7. The highest BCUT2D eigenvalue weighted by atomic mass is 19.4. The predicted octanol–water partition coefficient (Wildman–Crippen LogP) is 4.14. The van der Waals surface area contributed by atoms with Crippen LogP contribution in [0.2, 0.25) is 0 Å². The average Bonchev–Trinajstić information content (AvgIpc) is 3.47. The summed E-state index contributed by atoms with van der Waals surface area (Å²) in [6.45, 7) is -0.448. The number of piperidine rings is 1. The van der Waals surface area contributed by atoms with Gasteiger partial charge in [-0.05, 0) is 55.3 Å². The van der Waals surface area contributed by atoms with Gasteiger partial charge in [-0.1, -0.05) is 5.16 Å². The Bertz CT molecular complexity index is 1450. The number of amides is 2. The van der Waals surface area contributed by atoms with E-state index >= 15 is 0 Å². The quantitative estimate of drug-likeness (QED) is 0.402. The van der Waals surface area contributed by atoms with E-state index in [1.165, 1.54) is 10.7 Å². The smallest absolute Gasteiger partial charge is 0.355 e. The van der Waals surface area contributed by atoms with E-state index in [1.807, 2.05) is 0 Å². The topological polar surface area (TPSA) is 127 Å². The summed E-state index contributed by atoms with van der Waals surface area (Å²) < 4.78 is 74.8. The lowest BCUT2D eigenvalue weighted by molar-refractivity contribution is -0.183. The number of hydrogen-bond donors (Lipinski definition) is 2. The van der Waals surface area contributed by atoms with Gasteiger partial charge in [-0.25, -0.2) is 22.9 Å². The van der Waals surface area contributed by atoms with E-state index in [0.717, 1.165) is 12.8 Å². The molecule has 0 radical (unpaired) electrons. The number of alkyl halides is 5. The molecule has 0 aromatic carbocycles. The third kappa shape index (κ3) is 5.89. The lowest BCUT2D eigenvalue weighted by Crippen LogP contribution is -2.47. The lowest BCUT2D eigenvalue weighted by Gasteiger charge is -2.34. The number of fused-ring (bicyclic) bond motifs is 1. The molecule has 3 aliphatic rings. The predicted molar refractivity (Wildman–Crippen MR) is 131 cm³/mol. The van der Waals surface area contributed by atoms with Crippen molar-refractivity contribution in [3.05, 3.63) is 41.1 Å². The molecule has 0 spiro atoms. The zero-order valence-electron chi connectivity index (χ0n) is 21.8. The molecule has 4 heterocycles. The number of imidazole rings is 1. The molecule has 6 rings (SSSR count). The number of nitrogens with zero attached hydrogens (tertiary/aromatic N) is 5. The van der Waals surface area contributed by atoms with Crippen LogP contribution in [-0.4, -0.2) is 55.4 Å². The van der Waals surface area contributed by atoms with Crippen molar-refractivity contribution in [2.45, 2.75) is 75.4 Å². The minimum absolute atomic E-state index is 0.0139. The largest absolute Gasteiger partial charge is 0.393 e. The first kappa shape index (κ1) is 27.5. The summed E-state index contributed by atoms with van der Waals surface area (Å²) in [6.07, 6.45) is -1.50. The average molecular weight is 582 g/mol. The number of nitrogens with one attached hydrogen (secondary N) is 2. The standard InChI is InChI=1S/C26H28F5N7O3/c27-25(28)7-1-2-14(10-25)20(34-24(40)22-21(13-3-4-13)36-41-37-22)18-12-38-19(33-18)6-5-17(35-38)9-15-8-16(26(29,30)31)11-32-23(15)39/h5-6,12-16,20H,1-4,7-11H2,(H,32,39)(H,34,40)/t14-,15?,16-,20-/m0/s1. The maximum atomic E-state index is 14.4. The molecule has 2 aliphatic carbocycles. The zero-order chi connectivity index (χ0) is 28.9. The van der Waals surface area contributed by atoms with Gasteiger partial charge < -0.3 is 10.6 Å². The van der Waals surface area contributed by atoms with Gasteiger partial charge in [-0.3, -0.25) is 9.59 Å². The van der Waals surface area contributed by atoms with E-state index in [1.54, 1.807) is 12.1 Å². The first-order valence-electron chi connectivity index (χ1n) is 13.7. The lowest BCUT2D eigenvalue weighted by atomic mass is 9.80. The second-order valence-corrected chi connectivity index (χ2v) is 11.3. The molecule has 4 atom stereocenters. The summed E-state index contributed by atoms with van der Waals surface area (Å²) in [4.78, 5) is 30.1. The molecule has 3 fully saturated rings. The van der Waals surface area contributed by atoms with Crippen molar-refractivity contribution in [2.24, 2.45) is 17.8 Å². The monoisotopic (exact) mass is 581 g/mol. The molecular formula is C26H28F5N7O3. The molecule has 10 nitrogen and oxygen atoms in total. The summed E-state index contributed by atoms with van der Waals surface area (Å²) >= 11 is 0. The van der Waals surface area contributed by atoms with Crippen LogP contribution in [-0.2, 0) is 11.2 Å². The Balaban J connectivity index is 1.26. The van der Waals surface area contributed by atoms with Crippen molar-refractivity contribution in [3.8, 4) is 0 Å². The van der Waals surface area contributed by atoms with Gasteiger partial charge in [-0.2, -0.15) is 18.3 Å². The van der Waals surface area contributed by atoms with Gasteiger partial charge in [0, 0.05) is 37.6 Å². The normalized spacial score (nSPS) is 25.6. The van der Waals surface area contributed by atoms with Crippen LogP contribution < -0.4 is 10.6 Å². The number of carbonyl (C=O) groups is 2. The highest BCUT2D eigenvalue weighted by Gasteiger charge is 2.45. The maximum Gasteiger partial charge on any atom is 0.393 e. The van der Waals surface area contributed by atoms with Gasteiger partial charge >= 0.3 is 6.18 Å². The molecule has 3 aromatic heterocycles. The van der Waals surface area contributed by atoms with Gasteiger partial charge in [0.2, 0.25) is 11.8 Å². The molecule has 2 saturated carbocycles. The van der Waals surface area contributed by atoms with Crippen molar-refractivity contribution in [2.75, 3.05) is 6.54 Å². The van der Waals surface area contributed by atoms with Crippen LogP contribution >= 0.6 is 0 Å². The molecule has 220 valence electrons. The van der Waals surface area contributed by atoms with Crippen LogP contribution in [0.25, 0.3) is 5.65 Å². The van der Waals surface area contributed by atoms with Crippen molar-refractivity contribution < 1.29 is 36.2 Å². The Kier molecular flexibility index (Phi) is 6.92. The molecule has 0 bridgehead atoms. The molecule has 3 aromatic rings. The first-order valence-corrected chi connectivity index (χ1v) is 13.7. The Morgan fingerprint density at radius 3 is 2.76 bits per heavy atom. The third-order valence-electron chi connectivity index (χ3n) is 8.22. The zero-order valence-corrected chi connectivity index (χ0v) is 21.8. The Hall–Kier alpha value is -3.65. The summed E-state index contributed by atoms with van der Waals surface area (Å²) in [5, 5.41) is 17.2. The molecular weight excluding hydrogens is 553 g/mol. The first-order chi connectivity index (χ1) is 19.5. The Morgan fingerprint density at radius 1 is 1.22 bits per heavy atom. The molecule has 2 N–H and O–H groups in total. The third-order valence-corrected chi connectivity index (χ3v) is 8.22. The minimum Gasteiger partial charge on any atom is -0.355 e. The second kappa shape index (κ2) is 10.3. The Labute approximate surface area is 230 Å². The van der Waals surface area contributed by atoms with E-state index in [9.17, 15) is 31.5 Å². The van der Waals surface area contributed by atoms with Crippen LogP contribution in [0.3, 0.4) is 0 Å². The minimum atomic E-state index is -4.42. The Morgan fingerprint density at radius 2 is 2.02 bits per heavy atom. The second-order valence-electron chi connectivity index (χ2n) is 11.3. The van der Waals surface area contributed by atoms with Gasteiger partial charge in [0.1, 0.15) is 5.69 Å². The fourth-order valence-electron chi connectivity index (χ4n) is 5.89. The van der Waals surface area contributed by atoms with Crippen LogP contribution in [0.5, 0.6) is 0 Å². The summed E-state index contributed by atoms with van der Waals surface area (Å²) in [5.74, 6) is -7.03. The van der Waals surface area contributed by atoms with Crippen molar-refractivity contribution in [1.82, 2.24) is 35.5 Å². The van der Waals surface area contributed by atoms with Gasteiger partial charge in [0.25, 0.3) is 5.91 Å². The molecule has 15 heteroatoms. The van der Waals surface area contributed by atoms with Gasteiger partial charge in [-0.15, -0.1) is 0 Å². The van der Waals surface area contributed by atoms with Gasteiger partial charge in [0.05, 0.1) is 29.5 Å². The molecule has 1 aliphatic heterocycles. The number of aromatic nitrogens is 5. The fraction of sp³-hybridized carbons (Fsp3) is 0.615. The fourth-order valence-corrected chi connectivity index (χ4v) is 5.89. The summed E-state index contributed by atoms with van der Waals surface area (Å²) in [5.41, 5.74) is 1.50. The summed E-state index contributed by atoms with van der Waals surface area (Å²) in [6, 6.07) is 2.27. The van der Waals surface area contributed by atoms with E-state index < -0.39 is 60.7 Å². The highest BCUT2D eigenvalue weighted by Crippen LogP contribution is 2.43. The molecule has 1 saturated heterocycles. The van der Waals surface area contributed by atoms with E-state index in [-0.39, 0.29) is 37.3 Å². The van der Waals surface area contributed by atoms with E-state index in [2.05, 4.69) is 31.0 Å². The number of halogens is 5. The molecule has 2 amide bonds. The van der Waals surface area contributed by atoms with Gasteiger partial charge in [0.15, 0.2) is 11.3 Å². The van der Waals surface area contributed by atoms with E-state index in [4.69, 9.17) is 4.63 Å². The molecule has 41 heavy (non-hydrogen) atoms. The van der Waals surface area contributed by atoms with Crippen molar-refractivity contribution >= 4 is 17.5 Å². The van der Waals surface area contributed by atoms with Crippen LogP contribution in [0.4, 0.5) is 22.0 Å². The maximum absolute atomic E-state index is 14.4. The van der Waals surface area contributed by atoms with Crippen molar-refractivity contribution in [1.29, 1.82) is 0 Å². The van der Waals surface area contributed by atoms with E-state index in [0.29, 0.717) is 29.1 Å². The SMILES string of the molecule is O=C(N[C@H](c1cn2nc(CC3C[C@H](C(F)(F)F)CNC3=O)ccc2n1)[C@H]1CCCC(F)(F)C1)c1nonc1C1CC1. The number of carbonyl (C=O) groups excluding carboxylic acids is 2. The summed E-state index contributed by atoms with van der Waals surface area (Å²) in [7, 11) is 0. The van der Waals surface area contributed by atoms with Crippen LogP contribution in [0, 0.1) is 17.8 Å². The highest BCUT2D eigenvalue weighted by molar-refractivity contribution is 5.93.